The molecule has 0 bridgehead atoms. The summed E-state index contributed by atoms with van der Waals surface area (Å²) < 4.78 is 10.9. The van der Waals surface area contributed by atoms with Crippen molar-refractivity contribution in [1.29, 1.82) is 0 Å². The van der Waals surface area contributed by atoms with Crippen LogP contribution < -0.4 is 4.74 Å². The summed E-state index contributed by atoms with van der Waals surface area (Å²) in [5.41, 5.74) is 2.23. The Hall–Kier alpha value is -1.32. The van der Waals surface area contributed by atoms with Gasteiger partial charge in [-0.15, -0.1) is 0 Å². The van der Waals surface area contributed by atoms with Crippen molar-refractivity contribution in [2.45, 2.75) is 32.2 Å². The van der Waals surface area contributed by atoms with Crippen LogP contribution in [-0.2, 0) is 11.3 Å². The zero-order valence-corrected chi connectivity index (χ0v) is 10.2. The van der Waals surface area contributed by atoms with Gasteiger partial charge in [0.2, 0.25) is 0 Å². The van der Waals surface area contributed by atoms with Gasteiger partial charge in [0.15, 0.2) is 0 Å². The number of aliphatic hydroxyl groups is 1. The van der Waals surface area contributed by atoms with E-state index in [0.717, 1.165) is 16.9 Å². The summed E-state index contributed by atoms with van der Waals surface area (Å²) in [5.74, 6) is 0.848. The van der Waals surface area contributed by atoms with E-state index in [0.29, 0.717) is 13.0 Å². The van der Waals surface area contributed by atoms with E-state index in [9.17, 15) is 5.11 Å². The van der Waals surface area contributed by atoms with Crippen molar-refractivity contribution in [3.8, 4) is 5.75 Å². The van der Waals surface area contributed by atoms with Crippen LogP contribution in [0.25, 0.3) is 0 Å². The number of rotatable bonds is 4. The lowest BCUT2D eigenvalue weighted by Crippen LogP contribution is -2.13. The van der Waals surface area contributed by atoms with Gasteiger partial charge in [-0.05, 0) is 30.2 Å². The molecule has 0 saturated heterocycles. The van der Waals surface area contributed by atoms with Gasteiger partial charge >= 0.3 is 0 Å². The van der Waals surface area contributed by atoms with Crippen molar-refractivity contribution in [3.63, 3.8) is 0 Å². The molecule has 2 atom stereocenters. The molecule has 1 aliphatic rings. The molecule has 17 heavy (non-hydrogen) atoms. The summed E-state index contributed by atoms with van der Waals surface area (Å²) in [7, 11) is 1.65. The van der Waals surface area contributed by atoms with E-state index in [1.54, 1.807) is 7.11 Å². The van der Waals surface area contributed by atoms with Crippen LogP contribution in [0.1, 0.15) is 18.9 Å². The van der Waals surface area contributed by atoms with Crippen LogP contribution in [0.2, 0.25) is 0 Å². The molecule has 3 nitrogen and oxygen atoms in total. The zero-order chi connectivity index (χ0) is 12.3. The minimum Gasteiger partial charge on any atom is -0.497 e. The second-order valence-corrected chi connectivity index (χ2v) is 4.36. The first-order valence-corrected chi connectivity index (χ1v) is 5.80. The first-order valence-electron chi connectivity index (χ1n) is 5.80. The van der Waals surface area contributed by atoms with Crippen LogP contribution in [0.3, 0.4) is 0 Å². The predicted molar refractivity (Wildman–Crippen MR) is 66.0 cm³/mol. The SMILES string of the molecule is COc1ccc(CO[C@H]2C[C@H](O)C=C2C)cc1. The lowest BCUT2D eigenvalue weighted by Gasteiger charge is -2.14. The topological polar surface area (TPSA) is 38.7 Å². The lowest BCUT2D eigenvalue weighted by atomic mass is 10.2. The molecule has 1 N–H and O–H groups in total. The van der Waals surface area contributed by atoms with E-state index >= 15 is 0 Å². The Morgan fingerprint density at radius 3 is 2.53 bits per heavy atom. The quantitative estimate of drug-likeness (QED) is 0.812. The van der Waals surface area contributed by atoms with Gasteiger partial charge in [0.05, 0.1) is 25.9 Å². The molecule has 1 aromatic rings. The van der Waals surface area contributed by atoms with E-state index < -0.39 is 0 Å². The van der Waals surface area contributed by atoms with Gasteiger partial charge in [0.25, 0.3) is 0 Å². The smallest absolute Gasteiger partial charge is 0.118 e. The first-order chi connectivity index (χ1) is 8.19. The van der Waals surface area contributed by atoms with E-state index in [4.69, 9.17) is 9.47 Å². The molecule has 1 aromatic carbocycles. The summed E-state index contributed by atoms with van der Waals surface area (Å²) in [6.45, 7) is 2.56. The van der Waals surface area contributed by atoms with E-state index in [1.807, 2.05) is 37.3 Å². The molecule has 0 saturated carbocycles. The minimum atomic E-state index is -0.351. The average molecular weight is 234 g/mol. The van der Waals surface area contributed by atoms with Gasteiger partial charge in [-0.3, -0.25) is 0 Å². The molecular formula is C14H18O3. The second kappa shape index (κ2) is 5.34. The van der Waals surface area contributed by atoms with Crippen LogP contribution in [-0.4, -0.2) is 24.4 Å². The maximum Gasteiger partial charge on any atom is 0.118 e. The zero-order valence-electron chi connectivity index (χ0n) is 10.2. The number of aliphatic hydroxyl groups excluding tert-OH is 1. The average Bonchev–Trinajstić information content (AvgIpc) is 2.66. The van der Waals surface area contributed by atoms with Crippen LogP contribution in [0.15, 0.2) is 35.9 Å². The van der Waals surface area contributed by atoms with Crippen molar-refractivity contribution < 1.29 is 14.6 Å². The van der Waals surface area contributed by atoms with Gasteiger partial charge in [0.1, 0.15) is 5.75 Å². The number of hydrogen-bond acceptors (Lipinski definition) is 3. The third kappa shape index (κ3) is 3.08. The molecular weight excluding hydrogens is 216 g/mol. The highest BCUT2D eigenvalue weighted by Gasteiger charge is 2.22. The highest BCUT2D eigenvalue weighted by atomic mass is 16.5. The number of hydrogen-bond donors (Lipinski definition) is 1. The summed E-state index contributed by atoms with van der Waals surface area (Å²) in [6.07, 6.45) is 2.23. The highest BCUT2D eigenvalue weighted by Crippen LogP contribution is 2.23. The Balaban J connectivity index is 1.87. The number of methoxy groups -OCH3 is 1. The largest absolute Gasteiger partial charge is 0.497 e. The Kier molecular flexibility index (Phi) is 3.82. The van der Waals surface area contributed by atoms with Gasteiger partial charge in [-0.1, -0.05) is 18.2 Å². The van der Waals surface area contributed by atoms with Crippen molar-refractivity contribution in [2.24, 2.45) is 0 Å². The fourth-order valence-electron chi connectivity index (χ4n) is 2.00. The molecule has 0 aliphatic heterocycles. The van der Waals surface area contributed by atoms with Gasteiger partial charge in [-0.2, -0.15) is 0 Å². The number of ether oxygens (including phenoxy) is 2. The monoisotopic (exact) mass is 234 g/mol. The molecule has 0 heterocycles. The van der Waals surface area contributed by atoms with E-state index in [-0.39, 0.29) is 12.2 Å². The number of benzene rings is 1. The maximum atomic E-state index is 9.46. The molecule has 2 rings (SSSR count). The van der Waals surface area contributed by atoms with Crippen LogP contribution in [0.5, 0.6) is 5.75 Å². The second-order valence-electron chi connectivity index (χ2n) is 4.36. The third-order valence-electron chi connectivity index (χ3n) is 3.03. The minimum absolute atomic E-state index is 0.0482. The van der Waals surface area contributed by atoms with Gasteiger partial charge in [0, 0.05) is 6.42 Å². The Morgan fingerprint density at radius 1 is 1.29 bits per heavy atom. The fourth-order valence-corrected chi connectivity index (χ4v) is 2.00. The molecule has 0 unspecified atom stereocenters. The van der Waals surface area contributed by atoms with Crippen molar-refractivity contribution in [2.75, 3.05) is 7.11 Å². The maximum absolute atomic E-state index is 9.46. The van der Waals surface area contributed by atoms with Crippen molar-refractivity contribution >= 4 is 0 Å². The van der Waals surface area contributed by atoms with Gasteiger partial charge < -0.3 is 14.6 Å². The molecule has 0 radical (unpaired) electrons. The Bertz CT molecular complexity index is 394. The molecule has 0 amide bonds. The summed E-state index contributed by atoms with van der Waals surface area (Å²) in [6, 6.07) is 7.82. The van der Waals surface area contributed by atoms with E-state index in [1.165, 1.54) is 0 Å². The molecule has 0 fully saturated rings. The predicted octanol–water partition coefficient (Wildman–Crippen LogP) is 2.29. The first kappa shape index (κ1) is 12.1. The van der Waals surface area contributed by atoms with Crippen LogP contribution in [0, 0.1) is 0 Å². The van der Waals surface area contributed by atoms with Gasteiger partial charge in [-0.25, -0.2) is 0 Å². The molecule has 3 heteroatoms. The van der Waals surface area contributed by atoms with Crippen molar-refractivity contribution in [1.82, 2.24) is 0 Å². The molecule has 0 aromatic heterocycles. The fraction of sp³-hybridized carbons (Fsp3) is 0.429. The lowest BCUT2D eigenvalue weighted by molar-refractivity contribution is 0.0472. The van der Waals surface area contributed by atoms with Crippen molar-refractivity contribution in [3.05, 3.63) is 41.5 Å². The molecule has 0 spiro atoms. The van der Waals surface area contributed by atoms with E-state index in [2.05, 4.69) is 0 Å². The summed E-state index contributed by atoms with van der Waals surface area (Å²) in [4.78, 5) is 0. The Labute approximate surface area is 102 Å². The third-order valence-corrected chi connectivity index (χ3v) is 3.03. The van der Waals surface area contributed by atoms with Crippen LogP contribution in [0.4, 0.5) is 0 Å². The Morgan fingerprint density at radius 2 is 2.00 bits per heavy atom. The van der Waals surface area contributed by atoms with Crippen LogP contribution >= 0.6 is 0 Å². The summed E-state index contributed by atoms with van der Waals surface area (Å²) in [5, 5.41) is 9.46. The normalized spacial score (nSPS) is 23.6. The highest BCUT2D eigenvalue weighted by molar-refractivity contribution is 5.26. The summed E-state index contributed by atoms with van der Waals surface area (Å²) >= 11 is 0. The molecule has 92 valence electrons. The standard InChI is InChI=1S/C14H18O3/c1-10-7-12(15)8-14(10)17-9-11-3-5-13(16-2)6-4-11/h3-7,12,14-15H,8-9H2,1-2H3/t12-,14+/m1/s1. The molecule has 1 aliphatic carbocycles.